The summed E-state index contributed by atoms with van der Waals surface area (Å²) in [5, 5.41) is 0. The second-order valence-corrected chi connectivity index (χ2v) is 6.35. The van der Waals surface area contributed by atoms with Crippen LogP contribution in [-0.2, 0) is 4.74 Å². The summed E-state index contributed by atoms with van der Waals surface area (Å²) < 4.78 is 8.12. The maximum absolute atomic E-state index is 5.72. The van der Waals surface area contributed by atoms with E-state index in [2.05, 4.69) is 27.4 Å². The topological polar surface area (TPSA) is 43.2 Å². The molecule has 0 amide bonds. The van der Waals surface area contributed by atoms with Crippen molar-refractivity contribution in [3.63, 3.8) is 0 Å². The summed E-state index contributed by atoms with van der Waals surface area (Å²) in [6, 6.07) is 4.06. The van der Waals surface area contributed by atoms with Gasteiger partial charge in [0.05, 0.1) is 12.8 Å². The number of pyridine rings is 1. The molecule has 2 aliphatic rings. The van der Waals surface area contributed by atoms with Gasteiger partial charge >= 0.3 is 0 Å². The Hall–Kier alpha value is -1.46. The van der Waals surface area contributed by atoms with Crippen LogP contribution in [-0.4, -0.2) is 45.7 Å². The Morgan fingerprint density at radius 3 is 3.09 bits per heavy atom. The average molecular weight is 300 g/mol. The van der Waals surface area contributed by atoms with E-state index in [-0.39, 0.29) is 0 Å². The van der Waals surface area contributed by atoms with E-state index in [1.54, 1.807) is 0 Å². The SMILES string of the molecule is CCN1CCCC1n1c(C2CCCOC2)nc2cccnc21. The third-order valence-corrected chi connectivity index (χ3v) is 5.03. The first kappa shape index (κ1) is 14.2. The molecule has 2 unspecified atom stereocenters. The van der Waals surface area contributed by atoms with Crippen LogP contribution in [0.5, 0.6) is 0 Å². The molecule has 22 heavy (non-hydrogen) atoms. The fraction of sp³-hybridized carbons (Fsp3) is 0.647. The highest BCUT2D eigenvalue weighted by molar-refractivity contribution is 5.71. The van der Waals surface area contributed by atoms with Gasteiger partial charge in [0, 0.05) is 25.3 Å². The Bertz CT molecular complexity index is 647. The highest BCUT2D eigenvalue weighted by atomic mass is 16.5. The highest BCUT2D eigenvalue weighted by Gasteiger charge is 2.31. The molecule has 5 nitrogen and oxygen atoms in total. The van der Waals surface area contributed by atoms with Gasteiger partial charge in [-0.25, -0.2) is 9.97 Å². The number of aromatic nitrogens is 3. The Balaban J connectivity index is 1.82. The number of hydrogen-bond acceptors (Lipinski definition) is 4. The lowest BCUT2D eigenvalue weighted by Crippen LogP contribution is -2.30. The molecular weight excluding hydrogens is 276 g/mol. The van der Waals surface area contributed by atoms with Crippen molar-refractivity contribution in [3.8, 4) is 0 Å². The van der Waals surface area contributed by atoms with Gasteiger partial charge in [-0.1, -0.05) is 6.92 Å². The zero-order valence-electron chi connectivity index (χ0n) is 13.2. The van der Waals surface area contributed by atoms with Crippen LogP contribution < -0.4 is 0 Å². The Kier molecular flexibility index (Phi) is 3.84. The van der Waals surface area contributed by atoms with Gasteiger partial charge in [-0.2, -0.15) is 0 Å². The summed E-state index contributed by atoms with van der Waals surface area (Å²) >= 11 is 0. The predicted molar refractivity (Wildman–Crippen MR) is 85.8 cm³/mol. The highest BCUT2D eigenvalue weighted by Crippen LogP contribution is 2.35. The second-order valence-electron chi connectivity index (χ2n) is 6.35. The number of nitrogens with zero attached hydrogens (tertiary/aromatic N) is 4. The standard InChI is InChI=1S/C17H24N4O/c1-2-20-10-4-8-15(20)21-16(13-6-5-11-22-12-13)19-14-7-3-9-18-17(14)21/h3,7,9,13,15H,2,4-6,8,10-12H2,1H3. The molecule has 2 aromatic heterocycles. The van der Waals surface area contributed by atoms with Crippen molar-refractivity contribution in [1.29, 1.82) is 0 Å². The Morgan fingerprint density at radius 2 is 2.27 bits per heavy atom. The number of hydrogen-bond donors (Lipinski definition) is 0. The quantitative estimate of drug-likeness (QED) is 0.874. The normalized spacial score (nSPS) is 26.8. The molecule has 0 radical (unpaired) electrons. The number of fused-ring (bicyclic) bond motifs is 1. The minimum Gasteiger partial charge on any atom is -0.381 e. The maximum atomic E-state index is 5.72. The van der Waals surface area contributed by atoms with E-state index >= 15 is 0 Å². The van der Waals surface area contributed by atoms with Crippen molar-refractivity contribution < 1.29 is 4.74 Å². The number of likely N-dealkylation sites (tertiary alicyclic amines) is 1. The van der Waals surface area contributed by atoms with Crippen molar-refractivity contribution in [1.82, 2.24) is 19.4 Å². The van der Waals surface area contributed by atoms with E-state index in [4.69, 9.17) is 9.72 Å². The summed E-state index contributed by atoms with van der Waals surface area (Å²) in [4.78, 5) is 12.1. The predicted octanol–water partition coefficient (Wildman–Crippen LogP) is 2.94. The van der Waals surface area contributed by atoms with E-state index in [1.807, 2.05) is 12.3 Å². The summed E-state index contributed by atoms with van der Waals surface area (Å²) in [5.41, 5.74) is 2.06. The molecule has 0 spiro atoms. The van der Waals surface area contributed by atoms with Crippen molar-refractivity contribution in [2.24, 2.45) is 0 Å². The molecule has 4 heterocycles. The fourth-order valence-corrected chi connectivity index (χ4v) is 3.94. The van der Waals surface area contributed by atoms with Gasteiger partial charge in [0.2, 0.25) is 0 Å². The average Bonchev–Trinajstić information content (AvgIpc) is 3.19. The molecule has 118 valence electrons. The lowest BCUT2D eigenvalue weighted by Gasteiger charge is -2.29. The van der Waals surface area contributed by atoms with Gasteiger partial charge in [-0.05, 0) is 44.4 Å². The monoisotopic (exact) mass is 300 g/mol. The van der Waals surface area contributed by atoms with E-state index in [0.29, 0.717) is 12.1 Å². The largest absolute Gasteiger partial charge is 0.381 e. The molecule has 2 fully saturated rings. The van der Waals surface area contributed by atoms with Crippen LogP contribution in [0.4, 0.5) is 0 Å². The molecule has 0 aromatic carbocycles. The van der Waals surface area contributed by atoms with Crippen molar-refractivity contribution in [2.75, 3.05) is 26.3 Å². The van der Waals surface area contributed by atoms with Crippen LogP contribution in [0, 0.1) is 0 Å². The van der Waals surface area contributed by atoms with Crippen LogP contribution in [0.2, 0.25) is 0 Å². The number of imidazole rings is 1. The molecule has 2 saturated heterocycles. The first-order chi connectivity index (χ1) is 10.9. The molecule has 2 aromatic rings. The van der Waals surface area contributed by atoms with Gasteiger partial charge in [-0.3, -0.25) is 9.47 Å². The molecule has 4 rings (SSSR count). The van der Waals surface area contributed by atoms with E-state index in [9.17, 15) is 0 Å². The first-order valence-corrected chi connectivity index (χ1v) is 8.53. The van der Waals surface area contributed by atoms with Crippen molar-refractivity contribution in [2.45, 2.75) is 44.7 Å². The molecule has 2 atom stereocenters. The van der Waals surface area contributed by atoms with Gasteiger partial charge < -0.3 is 4.74 Å². The van der Waals surface area contributed by atoms with Crippen molar-refractivity contribution in [3.05, 3.63) is 24.2 Å². The van der Waals surface area contributed by atoms with Crippen LogP contribution in [0.25, 0.3) is 11.2 Å². The molecule has 2 aliphatic heterocycles. The Labute approximate surface area is 131 Å². The molecule has 0 aliphatic carbocycles. The molecule has 5 heteroatoms. The second kappa shape index (κ2) is 5.97. The van der Waals surface area contributed by atoms with Crippen LogP contribution in [0.3, 0.4) is 0 Å². The molecular formula is C17H24N4O. The van der Waals surface area contributed by atoms with E-state index in [1.165, 1.54) is 31.6 Å². The zero-order chi connectivity index (χ0) is 14.9. The maximum Gasteiger partial charge on any atom is 0.161 e. The summed E-state index contributed by atoms with van der Waals surface area (Å²) in [6.45, 7) is 6.18. The van der Waals surface area contributed by atoms with Gasteiger partial charge in [0.15, 0.2) is 5.65 Å². The summed E-state index contributed by atoms with van der Waals surface area (Å²) in [6.07, 6.45) is 7.03. The minimum atomic E-state index is 0.404. The fourth-order valence-electron chi connectivity index (χ4n) is 3.94. The Morgan fingerprint density at radius 1 is 1.32 bits per heavy atom. The third kappa shape index (κ3) is 2.32. The van der Waals surface area contributed by atoms with E-state index < -0.39 is 0 Å². The van der Waals surface area contributed by atoms with Gasteiger partial charge in [0.25, 0.3) is 0 Å². The van der Waals surface area contributed by atoms with Crippen molar-refractivity contribution >= 4 is 11.2 Å². The van der Waals surface area contributed by atoms with Gasteiger partial charge in [-0.15, -0.1) is 0 Å². The zero-order valence-corrected chi connectivity index (χ0v) is 13.2. The van der Waals surface area contributed by atoms with Crippen LogP contribution in [0.15, 0.2) is 18.3 Å². The minimum absolute atomic E-state index is 0.404. The lowest BCUT2D eigenvalue weighted by atomic mass is 10.0. The van der Waals surface area contributed by atoms with Crippen LogP contribution in [0.1, 0.15) is 50.5 Å². The smallest absolute Gasteiger partial charge is 0.161 e. The summed E-state index contributed by atoms with van der Waals surface area (Å²) in [5.74, 6) is 1.58. The molecule has 0 bridgehead atoms. The molecule has 0 saturated carbocycles. The van der Waals surface area contributed by atoms with Gasteiger partial charge in [0.1, 0.15) is 11.3 Å². The third-order valence-electron chi connectivity index (χ3n) is 5.03. The number of ether oxygens (including phenoxy) is 1. The first-order valence-electron chi connectivity index (χ1n) is 8.53. The van der Waals surface area contributed by atoms with E-state index in [0.717, 1.165) is 37.3 Å². The molecule has 0 N–H and O–H groups in total. The number of rotatable bonds is 3. The summed E-state index contributed by atoms with van der Waals surface area (Å²) in [7, 11) is 0. The van der Waals surface area contributed by atoms with Crippen LogP contribution >= 0.6 is 0 Å². The lowest BCUT2D eigenvalue weighted by molar-refractivity contribution is 0.0748.